The maximum atomic E-state index is 12.2. The van der Waals surface area contributed by atoms with E-state index in [1.807, 2.05) is 43.5 Å². The third kappa shape index (κ3) is 3.14. The molecule has 130 valence electrons. The Labute approximate surface area is 148 Å². The number of rotatable bonds is 5. The molecule has 1 amide bonds. The maximum Gasteiger partial charge on any atom is 0.224 e. The molecule has 0 aliphatic heterocycles. The number of aryl methyl sites for hydroxylation is 1. The number of hydrogen-bond acceptors (Lipinski definition) is 6. The van der Waals surface area contributed by atoms with E-state index in [2.05, 4.69) is 30.9 Å². The molecule has 26 heavy (non-hydrogen) atoms. The summed E-state index contributed by atoms with van der Waals surface area (Å²) in [7, 11) is 0. The zero-order valence-corrected chi connectivity index (χ0v) is 14.1. The van der Waals surface area contributed by atoms with E-state index in [1.165, 1.54) is 0 Å². The maximum absolute atomic E-state index is 12.2. The smallest absolute Gasteiger partial charge is 0.224 e. The highest BCUT2D eigenvalue weighted by atomic mass is 16.1. The summed E-state index contributed by atoms with van der Waals surface area (Å²) in [4.78, 5) is 16.5. The Hall–Kier alpha value is -3.62. The molecule has 9 nitrogen and oxygen atoms in total. The summed E-state index contributed by atoms with van der Waals surface area (Å²) >= 11 is 0. The fourth-order valence-corrected chi connectivity index (χ4v) is 2.67. The predicted molar refractivity (Wildman–Crippen MR) is 92.4 cm³/mol. The second-order valence-corrected chi connectivity index (χ2v) is 5.82. The first-order valence-corrected chi connectivity index (χ1v) is 8.09. The number of fused-ring (bicyclic) bond motifs is 1. The molecule has 0 saturated carbocycles. The molecule has 0 unspecified atom stereocenters. The quantitative estimate of drug-likeness (QED) is 0.574. The van der Waals surface area contributed by atoms with Gasteiger partial charge in [-0.3, -0.25) is 4.79 Å². The summed E-state index contributed by atoms with van der Waals surface area (Å²) in [5, 5.41) is 18.5. The molecule has 0 saturated heterocycles. The van der Waals surface area contributed by atoms with Gasteiger partial charge in [0.15, 0.2) is 11.5 Å². The molecule has 0 spiro atoms. The highest BCUT2D eigenvalue weighted by molar-refractivity contribution is 5.78. The molecular weight excluding hydrogens is 332 g/mol. The van der Waals surface area contributed by atoms with Crippen LogP contribution in [-0.2, 0) is 17.8 Å². The van der Waals surface area contributed by atoms with Crippen molar-refractivity contribution in [1.82, 2.24) is 40.1 Å². The van der Waals surface area contributed by atoms with Gasteiger partial charge in [0, 0.05) is 24.5 Å². The van der Waals surface area contributed by atoms with Crippen LogP contribution in [0.5, 0.6) is 0 Å². The average molecular weight is 348 g/mol. The molecule has 0 fully saturated rings. The van der Waals surface area contributed by atoms with Crippen molar-refractivity contribution in [3.05, 3.63) is 65.9 Å². The molecule has 3 aromatic heterocycles. The fourth-order valence-electron chi connectivity index (χ4n) is 2.67. The number of hydrogen-bond donors (Lipinski definition) is 1. The molecule has 9 heteroatoms. The summed E-state index contributed by atoms with van der Waals surface area (Å²) < 4.78 is 3.32. The minimum atomic E-state index is -0.0633. The lowest BCUT2D eigenvalue weighted by Crippen LogP contribution is -2.24. The average Bonchev–Trinajstić information content (AvgIpc) is 3.27. The Morgan fingerprint density at radius 1 is 1.23 bits per heavy atom. The third-order valence-electron chi connectivity index (χ3n) is 4.00. The fraction of sp³-hybridized carbons (Fsp3) is 0.176. The van der Waals surface area contributed by atoms with Gasteiger partial charge in [0.1, 0.15) is 0 Å². The van der Waals surface area contributed by atoms with Crippen LogP contribution in [0.4, 0.5) is 0 Å². The highest BCUT2D eigenvalue weighted by Gasteiger charge is 2.09. The number of carbonyl (C=O) groups is 1. The molecule has 3 heterocycles. The van der Waals surface area contributed by atoms with Crippen LogP contribution in [-0.4, -0.2) is 40.7 Å². The number of tetrazole rings is 1. The van der Waals surface area contributed by atoms with E-state index in [4.69, 9.17) is 0 Å². The van der Waals surface area contributed by atoms with Gasteiger partial charge in [0.25, 0.3) is 0 Å². The number of nitrogens with one attached hydrogen (secondary N) is 1. The van der Waals surface area contributed by atoms with Gasteiger partial charge in [-0.2, -0.15) is 9.78 Å². The van der Waals surface area contributed by atoms with Crippen LogP contribution >= 0.6 is 0 Å². The summed E-state index contributed by atoms with van der Waals surface area (Å²) in [5.74, 6) is 0.643. The van der Waals surface area contributed by atoms with Crippen LogP contribution in [0, 0.1) is 6.92 Å². The molecule has 0 aliphatic rings. The number of carbonyl (C=O) groups excluding carboxylic acids is 1. The van der Waals surface area contributed by atoms with Crippen molar-refractivity contribution in [3.8, 4) is 5.69 Å². The van der Waals surface area contributed by atoms with E-state index in [-0.39, 0.29) is 5.91 Å². The normalized spacial score (nSPS) is 11.0. The second kappa shape index (κ2) is 6.71. The van der Waals surface area contributed by atoms with Crippen molar-refractivity contribution in [3.63, 3.8) is 0 Å². The van der Waals surface area contributed by atoms with Crippen LogP contribution in [0.2, 0.25) is 0 Å². The van der Waals surface area contributed by atoms with Gasteiger partial charge in [-0.25, -0.2) is 9.50 Å². The largest absolute Gasteiger partial charge is 0.352 e. The topological polar surface area (TPSA) is 103 Å². The van der Waals surface area contributed by atoms with Crippen molar-refractivity contribution in [2.75, 3.05) is 0 Å². The zero-order valence-electron chi connectivity index (χ0n) is 14.1. The monoisotopic (exact) mass is 348 g/mol. The number of benzene rings is 1. The zero-order chi connectivity index (χ0) is 17.9. The summed E-state index contributed by atoms with van der Waals surface area (Å²) in [6, 6.07) is 9.38. The standard InChI is InChI=1S/C17H16N8O/c1-12-21-22-23-25(12)15-5-3-13(4-6-15)9-16(26)19-10-14-11-20-24-8-2-7-18-17(14)24/h2-8,11H,9-10H2,1H3,(H,19,26). The summed E-state index contributed by atoms with van der Waals surface area (Å²) in [5.41, 5.74) is 3.39. The van der Waals surface area contributed by atoms with Gasteiger partial charge in [0.05, 0.1) is 18.3 Å². The van der Waals surface area contributed by atoms with E-state index >= 15 is 0 Å². The molecule has 1 aromatic carbocycles. The van der Waals surface area contributed by atoms with Crippen LogP contribution in [0.15, 0.2) is 48.9 Å². The predicted octanol–water partition coefficient (Wildman–Crippen LogP) is 0.872. The number of amides is 1. The first kappa shape index (κ1) is 15.9. The van der Waals surface area contributed by atoms with Gasteiger partial charge in [-0.15, -0.1) is 5.10 Å². The first-order valence-electron chi connectivity index (χ1n) is 8.09. The SMILES string of the molecule is Cc1nnnn1-c1ccc(CC(=O)NCc2cnn3cccnc23)cc1. The molecule has 0 aliphatic carbocycles. The molecular formula is C17H16N8O. The molecule has 0 bridgehead atoms. The summed E-state index contributed by atoms with van der Waals surface area (Å²) in [6.45, 7) is 2.22. The Balaban J connectivity index is 1.38. The van der Waals surface area contributed by atoms with Crippen LogP contribution in [0.25, 0.3) is 11.3 Å². The second-order valence-electron chi connectivity index (χ2n) is 5.82. The van der Waals surface area contributed by atoms with E-state index in [1.54, 1.807) is 21.6 Å². The van der Waals surface area contributed by atoms with E-state index < -0.39 is 0 Å². The lowest BCUT2D eigenvalue weighted by Gasteiger charge is -2.06. The highest BCUT2D eigenvalue weighted by Crippen LogP contribution is 2.11. The van der Waals surface area contributed by atoms with Crippen molar-refractivity contribution >= 4 is 11.6 Å². The van der Waals surface area contributed by atoms with E-state index in [9.17, 15) is 4.79 Å². The van der Waals surface area contributed by atoms with Crippen LogP contribution in [0.1, 0.15) is 17.0 Å². The van der Waals surface area contributed by atoms with Crippen LogP contribution < -0.4 is 5.32 Å². The Morgan fingerprint density at radius 2 is 2.08 bits per heavy atom. The van der Waals surface area contributed by atoms with Crippen molar-refractivity contribution in [2.45, 2.75) is 19.9 Å². The Morgan fingerprint density at radius 3 is 2.85 bits per heavy atom. The molecule has 1 N–H and O–H groups in total. The van der Waals surface area contributed by atoms with Crippen LogP contribution in [0.3, 0.4) is 0 Å². The van der Waals surface area contributed by atoms with E-state index in [0.29, 0.717) is 18.8 Å². The lowest BCUT2D eigenvalue weighted by molar-refractivity contribution is -0.120. The van der Waals surface area contributed by atoms with Crippen molar-refractivity contribution in [1.29, 1.82) is 0 Å². The molecule has 4 aromatic rings. The number of nitrogens with zero attached hydrogens (tertiary/aromatic N) is 7. The van der Waals surface area contributed by atoms with Gasteiger partial charge in [-0.05, 0) is 41.1 Å². The van der Waals surface area contributed by atoms with E-state index in [0.717, 1.165) is 22.5 Å². The molecule has 0 atom stereocenters. The van der Waals surface area contributed by atoms with Gasteiger partial charge in [0.2, 0.25) is 5.91 Å². The summed E-state index contributed by atoms with van der Waals surface area (Å²) in [6.07, 6.45) is 5.53. The molecule has 4 rings (SSSR count). The van der Waals surface area contributed by atoms with Crippen molar-refractivity contribution < 1.29 is 4.79 Å². The minimum absolute atomic E-state index is 0.0633. The Kier molecular flexibility index (Phi) is 4.10. The molecule has 0 radical (unpaired) electrons. The minimum Gasteiger partial charge on any atom is -0.352 e. The number of aromatic nitrogens is 7. The third-order valence-corrected chi connectivity index (χ3v) is 4.00. The van der Waals surface area contributed by atoms with Gasteiger partial charge < -0.3 is 5.32 Å². The Bertz CT molecular complexity index is 1050. The van der Waals surface area contributed by atoms with Gasteiger partial charge >= 0.3 is 0 Å². The lowest BCUT2D eigenvalue weighted by atomic mass is 10.1. The van der Waals surface area contributed by atoms with Gasteiger partial charge in [-0.1, -0.05) is 12.1 Å². The van der Waals surface area contributed by atoms with Crippen molar-refractivity contribution in [2.24, 2.45) is 0 Å². The first-order chi connectivity index (χ1) is 12.7.